The molecule has 1 aromatic rings. The average Bonchev–Trinajstić information content (AvgIpc) is 2.45. The molecule has 20 heavy (non-hydrogen) atoms. The van der Waals surface area contributed by atoms with E-state index in [1.165, 1.54) is 0 Å². The fraction of sp³-hybridized carbons (Fsp3) is 0.600. The fourth-order valence-corrected chi connectivity index (χ4v) is 3.71. The van der Waals surface area contributed by atoms with Crippen LogP contribution in [0.4, 0.5) is 0 Å². The van der Waals surface area contributed by atoms with Crippen molar-refractivity contribution in [2.24, 2.45) is 0 Å². The lowest BCUT2D eigenvalue weighted by Gasteiger charge is -2.22. The molecule has 0 saturated carbocycles. The first-order chi connectivity index (χ1) is 9.46. The molecular weight excluding hydrogens is 274 g/mol. The van der Waals surface area contributed by atoms with E-state index in [1.807, 2.05) is 38.1 Å². The lowest BCUT2D eigenvalue weighted by Crippen LogP contribution is -2.32. The Labute approximate surface area is 122 Å². The van der Waals surface area contributed by atoms with Gasteiger partial charge in [-0.3, -0.25) is 0 Å². The molecule has 0 bridgehead atoms. The molecule has 4 nitrogen and oxygen atoms in total. The van der Waals surface area contributed by atoms with Crippen LogP contribution in [0, 0.1) is 0 Å². The fourth-order valence-electron chi connectivity index (χ4n) is 2.11. The molecule has 0 aliphatic rings. The zero-order chi connectivity index (χ0) is 15.2. The van der Waals surface area contributed by atoms with E-state index in [-0.39, 0.29) is 17.0 Å². The summed E-state index contributed by atoms with van der Waals surface area (Å²) in [6, 6.07) is 7.32. The van der Waals surface area contributed by atoms with Crippen LogP contribution >= 0.6 is 0 Å². The van der Waals surface area contributed by atoms with Crippen molar-refractivity contribution in [1.82, 2.24) is 5.32 Å². The molecule has 0 aromatic heterocycles. The van der Waals surface area contributed by atoms with E-state index < -0.39 is 9.84 Å². The first-order valence-corrected chi connectivity index (χ1v) is 8.75. The number of para-hydroxylation sites is 1. The SMILES string of the molecule is CCNC(CS(=O)(=O)C(C)CC)c1ccccc1OC. The third kappa shape index (κ3) is 4.21. The van der Waals surface area contributed by atoms with Gasteiger partial charge in [0.25, 0.3) is 0 Å². The predicted octanol–water partition coefficient (Wildman–Crippen LogP) is 2.56. The molecule has 0 radical (unpaired) electrons. The topological polar surface area (TPSA) is 55.4 Å². The molecule has 0 fully saturated rings. The van der Waals surface area contributed by atoms with Crippen molar-refractivity contribution >= 4 is 9.84 Å². The zero-order valence-electron chi connectivity index (χ0n) is 12.7. The second-order valence-electron chi connectivity index (χ2n) is 4.90. The molecule has 0 amide bonds. The van der Waals surface area contributed by atoms with E-state index in [0.717, 1.165) is 11.3 Å². The lowest BCUT2D eigenvalue weighted by molar-refractivity contribution is 0.402. The van der Waals surface area contributed by atoms with E-state index in [4.69, 9.17) is 4.74 Å². The average molecular weight is 299 g/mol. The standard InChI is InChI=1S/C15H25NO3S/c1-5-12(3)20(17,18)11-14(16-6-2)13-9-7-8-10-15(13)19-4/h7-10,12,14,16H,5-6,11H2,1-4H3. The third-order valence-corrected chi connectivity index (χ3v) is 5.91. The number of ether oxygens (including phenoxy) is 1. The number of methoxy groups -OCH3 is 1. The minimum atomic E-state index is -3.12. The summed E-state index contributed by atoms with van der Waals surface area (Å²) in [4.78, 5) is 0. The highest BCUT2D eigenvalue weighted by molar-refractivity contribution is 7.92. The van der Waals surface area contributed by atoms with E-state index >= 15 is 0 Å². The number of hydrogen-bond donors (Lipinski definition) is 1. The largest absolute Gasteiger partial charge is 0.496 e. The molecule has 2 atom stereocenters. The van der Waals surface area contributed by atoms with Crippen LogP contribution in [0.3, 0.4) is 0 Å². The maximum atomic E-state index is 12.3. The quantitative estimate of drug-likeness (QED) is 0.801. The summed E-state index contributed by atoms with van der Waals surface area (Å²) in [5, 5.41) is 2.93. The van der Waals surface area contributed by atoms with Crippen LogP contribution in [0.25, 0.3) is 0 Å². The molecule has 0 saturated heterocycles. The summed E-state index contributed by atoms with van der Waals surface area (Å²) in [5.41, 5.74) is 0.892. The maximum Gasteiger partial charge on any atom is 0.154 e. The second kappa shape index (κ2) is 7.64. The Balaban J connectivity index is 3.06. The van der Waals surface area contributed by atoms with Crippen LogP contribution in [0.2, 0.25) is 0 Å². The van der Waals surface area contributed by atoms with Gasteiger partial charge in [0.1, 0.15) is 5.75 Å². The Kier molecular flexibility index (Phi) is 6.49. The molecular formula is C15H25NO3S. The second-order valence-corrected chi connectivity index (χ2v) is 7.36. The maximum absolute atomic E-state index is 12.3. The number of rotatable bonds is 8. The summed E-state index contributed by atoms with van der Waals surface area (Å²) in [6.07, 6.45) is 0.632. The van der Waals surface area contributed by atoms with Gasteiger partial charge in [0.05, 0.1) is 18.1 Å². The van der Waals surface area contributed by atoms with Gasteiger partial charge >= 0.3 is 0 Å². The molecule has 0 aliphatic carbocycles. The highest BCUT2D eigenvalue weighted by atomic mass is 32.2. The van der Waals surface area contributed by atoms with Crippen LogP contribution in [-0.4, -0.2) is 33.1 Å². The molecule has 1 N–H and O–H groups in total. The highest BCUT2D eigenvalue weighted by Crippen LogP contribution is 2.27. The lowest BCUT2D eigenvalue weighted by atomic mass is 10.1. The van der Waals surface area contributed by atoms with Crippen LogP contribution in [-0.2, 0) is 9.84 Å². The van der Waals surface area contributed by atoms with Gasteiger partial charge < -0.3 is 10.1 Å². The van der Waals surface area contributed by atoms with Crippen molar-refractivity contribution in [3.8, 4) is 5.75 Å². The molecule has 5 heteroatoms. The van der Waals surface area contributed by atoms with Crippen molar-refractivity contribution in [2.75, 3.05) is 19.4 Å². The van der Waals surface area contributed by atoms with Crippen LogP contribution in [0.1, 0.15) is 38.8 Å². The summed E-state index contributed by atoms with van der Waals surface area (Å²) < 4.78 is 30.0. The molecule has 1 rings (SSSR count). The predicted molar refractivity (Wildman–Crippen MR) is 83.0 cm³/mol. The Morgan fingerprint density at radius 2 is 1.90 bits per heavy atom. The molecule has 2 unspecified atom stereocenters. The Morgan fingerprint density at radius 3 is 2.45 bits per heavy atom. The van der Waals surface area contributed by atoms with Crippen LogP contribution in [0.5, 0.6) is 5.75 Å². The third-order valence-electron chi connectivity index (χ3n) is 3.55. The molecule has 0 heterocycles. The van der Waals surface area contributed by atoms with Gasteiger partial charge in [-0.25, -0.2) is 8.42 Å². The monoisotopic (exact) mass is 299 g/mol. The molecule has 114 valence electrons. The Hall–Kier alpha value is -1.07. The van der Waals surface area contributed by atoms with Gasteiger partial charge in [-0.15, -0.1) is 0 Å². The molecule has 0 aliphatic heterocycles. The minimum Gasteiger partial charge on any atom is -0.496 e. The zero-order valence-corrected chi connectivity index (χ0v) is 13.5. The van der Waals surface area contributed by atoms with Crippen LogP contribution in [0.15, 0.2) is 24.3 Å². The van der Waals surface area contributed by atoms with Gasteiger partial charge in [-0.1, -0.05) is 32.0 Å². The van der Waals surface area contributed by atoms with Gasteiger partial charge in [0.2, 0.25) is 0 Å². The van der Waals surface area contributed by atoms with Gasteiger partial charge in [0.15, 0.2) is 9.84 Å². The summed E-state index contributed by atoms with van der Waals surface area (Å²) in [7, 11) is -1.52. The highest BCUT2D eigenvalue weighted by Gasteiger charge is 2.26. The number of benzene rings is 1. The first kappa shape index (κ1) is 17.0. The van der Waals surface area contributed by atoms with Crippen LogP contribution < -0.4 is 10.1 Å². The van der Waals surface area contributed by atoms with E-state index in [9.17, 15) is 8.42 Å². The number of hydrogen-bond acceptors (Lipinski definition) is 4. The van der Waals surface area contributed by atoms with Gasteiger partial charge in [-0.2, -0.15) is 0 Å². The smallest absolute Gasteiger partial charge is 0.154 e. The van der Waals surface area contributed by atoms with E-state index in [0.29, 0.717) is 13.0 Å². The molecule has 0 spiro atoms. The summed E-state index contributed by atoms with van der Waals surface area (Å²) in [5.74, 6) is 0.814. The number of sulfone groups is 1. The Bertz CT molecular complexity index is 514. The van der Waals surface area contributed by atoms with Gasteiger partial charge in [0, 0.05) is 11.6 Å². The van der Waals surface area contributed by atoms with E-state index in [2.05, 4.69) is 5.32 Å². The van der Waals surface area contributed by atoms with Crippen molar-refractivity contribution in [3.63, 3.8) is 0 Å². The van der Waals surface area contributed by atoms with E-state index in [1.54, 1.807) is 14.0 Å². The number of nitrogens with one attached hydrogen (secondary N) is 1. The Morgan fingerprint density at radius 1 is 1.25 bits per heavy atom. The van der Waals surface area contributed by atoms with Gasteiger partial charge in [-0.05, 0) is 26.0 Å². The minimum absolute atomic E-state index is 0.0935. The normalized spacial score (nSPS) is 14.8. The van der Waals surface area contributed by atoms with Crippen molar-refractivity contribution < 1.29 is 13.2 Å². The van der Waals surface area contributed by atoms with Crippen molar-refractivity contribution in [2.45, 2.75) is 38.5 Å². The molecule has 1 aromatic carbocycles. The van der Waals surface area contributed by atoms with Crippen molar-refractivity contribution in [3.05, 3.63) is 29.8 Å². The summed E-state index contributed by atoms with van der Waals surface area (Å²) in [6.45, 7) is 6.34. The summed E-state index contributed by atoms with van der Waals surface area (Å²) >= 11 is 0. The first-order valence-electron chi connectivity index (χ1n) is 7.04. The van der Waals surface area contributed by atoms with Crippen molar-refractivity contribution in [1.29, 1.82) is 0 Å².